The Balaban J connectivity index is 1.25. The van der Waals surface area contributed by atoms with Crippen molar-refractivity contribution in [3.63, 3.8) is 0 Å². The Labute approximate surface area is 300 Å². The van der Waals surface area contributed by atoms with E-state index < -0.39 is 8.07 Å². The third-order valence-electron chi connectivity index (χ3n) is 10.2. The Morgan fingerprint density at radius 1 is 0.333 bits per heavy atom. The van der Waals surface area contributed by atoms with Crippen molar-refractivity contribution in [2.24, 2.45) is 0 Å². The van der Waals surface area contributed by atoms with Crippen LogP contribution >= 0.6 is 0 Å². The average Bonchev–Trinajstić information content (AvgIpc) is 3.49. The van der Waals surface area contributed by atoms with E-state index in [0.29, 0.717) is 17.5 Å². The van der Waals surface area contributed by atoms with E-state index in [1.54, 1.807) is 0 Å². The Morgan fingerprint density at radius 2 is 0.804 bits per heavy atom. The van der Waals surface area contributed by atoms with Crippen LogP contribution in [0.3, 0.4) is 0 Å². The molecule has 0 bridgehead atoms. The highest BCUT2D eigenvalue weighted by molar-refractivity contribution is 7.22. The molecule has 242 valence electrons. The number of hydrogen-bond donors (Lipinski definition) is 0. The van der Waals surface area contributed by atoms with Crippen LogP contribution in [0.15, 0.2) is 176 Å². The highest BCUT2D eigenvalue weighted by Crippen LogP contribution is 2.33. The van der Waals surface area contributed by atoms with Crippen LogP contribution in [0.1, 0.15) is 11.1 Å². The number of nitrogens with zero attached hydrogens (tertiary/aromatic N) is 3. The molecule has 0 radical (unpaired) electrons. The molecule has 0 saturated carbocycles. The minimum atomic E-state index is -2.61. The van der Waals surface area contributed by atoms with Crippen LogP contribution in [0, 0.1) is 13.8 Å². The summed E-state index contributed by atoms with van der Waals surface area (Å²) in [5.74, 6) is 1.97. The van der Waals surface area contributed by atoms with Crippen molar-refractivity contribution in [3.8, 4) is 56.4 Å². The van der Waals surface area contributed by atoms with Crippen molar-refractivity contribution in [1.29, 1.82) is 0 Å². The van der Waals surface area contributed by atoms with Crippen LogP contribution in [-0.4, -0.2) is 23.0 Å². The molecule has 2 heterocycles. The number of hydrogen-bond acceptors (Lipinski definition) is 3. The second-order valence-electron chi connectivity index (χ2n) is 13.4. The van der Waals surface area contributed by atoms with Crippen molar-refractivity contribution in [2.45, 2.75) is 13.8 Å². The summed E-state index contributed by atoms with van der Waals surface area (Å²) >= 11 is 0. The number of rotatable bonds is 6. The van der Waals surface area contributed by atoms with Gasteiger partial charge in [-0.05, 0) is 69.0 Å². The van der Waals surface area contributed by atoms with Gasteiger partial charge in [0, 0.05) is 16.7 Å². The van der Waals surface area contributed by atoms with E-state index in [4.69, 9.17) is 15.0 Å². The van der Waals surface area contributed by atoms with Crippen LogP contribution in [0.25, 0.3) is 56.4 Å². The fourth-order valence-electron chi connectivity index (χ4n) is 7.64. The molecular weight excluding hydrogens is 635 g/mol. The predicted octanol–water partition coefficient (Wildman–Crippen LogP) is 8.51. The number of benzene rings is 7. The fourth-order valence-corrected chi connectivity index (χ4v) is 12.8. The first-order valence-electron chi connectivity index (χ1n) is 17.4. The summed E-state index contributed by atoms with van der Waals surface area (Å²) in [5, 5.41) is 5.60. The van der Waals surface area contributed by atoms with Gasteiger partial charge in [0.2, 0.25) is 0 Å². The molecule has 0 aliphatic carbocycles. The third-order valence-corrected chi connectivity index (χ3v) is 15.1. The molecule has 4 heteroatoms. The second-order valence-corrected chi connectivity index (χ2v) is 17.1. The van der Waals surface area contributed by atoms with E-state index in [1.807, 2.05) is 24.3 Å². The maximum absolute atomic E-state index is 5.18. The first-order valence-corrected chi connectivity index (χ1v) is 19.4. The van der Waals surface area contributed by atoms with Crippen LogP contribution in [0.5, 0.6) is 0 Å². The zero-order valence-corrected chi connectivity index (χ0v) is 29.6. The predicted molar refractivity (Wildman–Crippen MR) is 214 cm³/mol. The van der Waals surface area contributed by atoms with Crippen molar-refractivity contribution in [3.05, 3.63) is 187 Å². The lowest BCUT2D eigenvalue weighted by molar-refractivity contribution is 1.07. The van der Waals surface area contributed by atoms with E-state index in [0.717, 1.165) is 27.8 Å². The number of fused-ring (bicyclic) bond motifs is 3. The zero-order chi connectivity index (χ0) is 34.4. The molecule has 0 N–H and O–H groups in total. The summed E-state index contributed by atoms with van der Waals surface area (Å²) in [6.07, 6.45) is 0. The van der Waals surface area contributed by atoms with E-state index in [9.17, 15) is 0 Å². The van der Waals surface area contributed by atoms with Gasteiger partial charge in [0.05, 0.1) is 0 Å². The van der Waals surface area contributed by atoms with Gasteiger partial charge in [-0.1, -0.05) is 175 Å². The van der Waals surface area contributed by atoms with Gasteiger partial charge in [0.1, 0.15) is 0 Å². The topological polar surface area (TPSA) is 38.7 Å². The molecule has 0 spiro atoms. The molecule has 7 aromatic carbocycles. The third kappa shape index (κ3) is 5.32. The molecule has 9 rings (SSSR count). The van der Waals surface area contributed by atoms with Gasteiger partial charge in [-0.25, -0.2) is 15.0 Å². The lowest BCUT2D eigenvalue weighted by Gasteiger charge is -2.31. The number of aromatic nitrogens is 3. The fraction of sp³-hybridized carbons (Fsp3) is 0.0426. The first kappa shape index (κ1) is 30.8. The Morgan fingerprint density at radius 3 is 1.43 bits per heavy atom. The monoisotopic (exact) mass is 669 g/mol. The maximum Gasteiger partial charge on any atom is 0.180 e. The van der Waals surface area contributed by atoms with Gasteiger partial charge in [0.25, 0.3) is 0 Å². The molecule has 0 amide bonds. The maximum atomic E-state index is 5.18. The standard InChI is InChI=1S/C47H35N3Si/c1-32-20-25-39(26-21-32)51(40-27-22-33(2)23-28-40)43-19-10-9-18-41(43)42-31-38(24-29-44(42)51)47-49-45(35-14-7-4-8-15-35)48-46(50-47)37-17-11-16-36(30-37)34-12-5-3-6-13-34/h3-31H,1-2H3. The molecule has 51 heavy (non-hydrogen) atoms. The zero-order valence-electron chi connectivity index (χ0n) is 28.6. The van der Waals surface area contributed by atoms with Crippen LogP contribution in [0.4, 0.5) is 0 Å². The number of aryl methyl sites for hydroxylation is 2. The van der Waals surface area contributed by atoms with Crippen molar-refractivity contribution >= 4 is 28.8 Å². The summed E-state index contributed by atoms with van der Waals surface area (Å²) in [4.78, 5) is 15.3. The van der Waals surface area contributed by atoms with E-state index in [-0.39, 0.29) is 0 Å². The molecule has 1 aliphatic heterocycles. The highest BCUT2D eigenvalue weighted by Gasteiger charge is 2.48. The van der Waals surface area contributed by atoms with Crippen molar-refractivity contribution < 1.29 is 0 Å². The molecule has 3 nitrogen and oxygen atoms in total. The average molecular weight is 670 g/mol. The molecule has 0 atom stereocenters. The van der Waals surface area contributed by atoms with Crippen molar-refractivity contribution in [1.82, 2.24) is 15.0 Å². The molecule has 0 unspecified atom stereocenters. The summed E-state index contributed by atoms with van der Waals surface area (Å²) < 4.78 is 0. The SMILES string of the molecule is Cc1ccc([Si]2(c3ccc(C)cc3)c3ccccc3-c3cc(-c4nc(-c5ccccc5)nc(-c5cccc(-c6ccccc6)c5)n4)ccc32)cc1. The highest BCUT2D eigenvalue weighted by atomic mass is 28.3. The normalized spacial score (nSPS) is 12.7. The van der Waals surface area contributed by atoms with Gasteiger partial charge >= 0.3 is 0 Å². The molecule has 1 aromatic heterocycles. The van der Waals surface area contributed by atoms with Gasteiger partial charge in [-0.2, -0.15) is 0 Å². The molecule has 8 aromatic rings. The molecular formula is C47H35N3Si. The van der Waals surface area contributed by atoms with Crippen LogP contribution in [-0.2, 0) is 0 Å². The lowest BCUT2D eigenvalue weighted by atomic mass is 10.0. The lowest BCUT2D eigenvalue weighted by Crippen LogP contribution is -2.72. The van der Waals surface area contributed by atoms with Gasteiger partial charge < -0.3 is 0 Å². The Kier molecular flexibility index (Phi) is 7.60. The Bertz CT molecular complexity index is 2480. The summed E-state index contributed by atoms with van der Waals surface area (Å²) in [6, 6.07) is 63.5. The molecule has 1 aliphatic rings. The second kappa shape index (κ2) is 12.6. The minimum Gasteiger partial charge on any atom is -0.208 e. The van der Waals surface area contributed by atoms with Gasteiger partial charge in [0.15, 0.2) is 25.5 Å². The van der Waals surface area contributed by atoms with E-state index in [2.05, 4.69) is 166 Å². The van der Waals surface area contributed by atoms with Crippen LogP contribution < -0.4 is 20.7 Å². The summed E-state index contributed by atoms with van der Waals surface area (Å²) in [7, 11) is -2.61. The van der Waals surface area contributed by atoms with Crippen molar-refractivity contribution in [2.75, 3.05) is 0 Å². The Hall–Kier alpha value is -6.23. The van der Waals surface area contributed by atoms with E-state index >= 15 is 0 Å². The molecule has 0 saturated heterocycles. The largest absolute Gasteiger partial charge is 0.208 e. The molecule has 0 fully saturated rings. The quantitative estimate of drug-likeness (QED) is 0.167. The summed E-state index contributed by atoms with van der Waals surface area (Å²) in [5.41, 5.74) is 10.2. The van der Waals surface area contributed by atoms with Gasteiger partial charge in [-0.3, -0.25) is 0 Å². The minimum absolute atomic E-state index is 0.653. The smallest absolute Gasteiger partial charge is 0.180 e. The summed E-state index contributed by atoms with van der Waals surface area (Å²) in [6.45, 7) is 4.33. The van der Waals surface area contributed by atoms with Gasteiger partial charge in [-0.15, -0.1) is 0 Å². The van der Waals surface area contributed by atoms with Crippen LogP contribution in [0.2, 0.25) is 0 Å². The van der Waals surface area contributed by atoms with E-state index in [1.165, 1.54) is 43.0 Å². The first-order chi connectivity index (χ1) is 25.1.